The van der Waals surface area contributed by atoms with Gasteiger partial charge in [0.1, 0.15) is 5.75 Å². The fourth-order valence-electron chi connectivity index (χ4n) is 4.14. The Labute approximate surface area is 172 Å². The predicted molar refractivity (Wildman–Crippen MR) is 113 cm³/mol. The Bertz CT molecular complexity index is 878. The van der Waals surface area contributed by atoms with E-state index in [1.165, 1.54) is 18.4 Å². The number of hydrogen-bond acceptors (Lipinski definition) is 3. The first-order valence-electron chi connectivity index (χ1n) is 10.6. The van der Waals surface area contributed by atoms with Gasteiger partial charge in [-0.15, -0.1) is 0 Å². The van der Waals surface area contributed by atoms with Crippen LogP contribution in [0.15, 0.2) is 48.5 Å². The van der Waals surface area contributed by atoms with E-state index in [9.17, 15) is 9.59 Å². The largest absolute Gasteiger partial charge is 0.493 e. The number of anilines is 1. The average molecular weight is 392 g/mol. The second kappa shape index (κ2) is 8.68. The standard InChI is InChI=1S/C24H28N2O3/c1-2-3-6-17-9-11-19(12-10-17)26-16-18(15-23(26)27)24(28)25-21-13-14-29-22-8-5-4-7-20(21)22/h4-5,7-12,18,21H,2-3,6,13-16H2,1H3,(H,25,28). The highest BCUT2D eigenvalue weighted by molar-refractivity contribution is 6.00. The van der Waals surface area contributed by atoms with Crippen molar-refractivity contribution >= 4 is 17.5 Å². The number of nitrogens with one attached hydrogen (secondary N) is 1. The van der Waals surface area contributed by atoms with Gasteiger partial charge < -0.3 is 15.0 Å². The molecule has 5 heteroatoms. The second-order valence-electron chi connectivity index (χ2n) is 7.91. The Balaban J connectivity index is 1.40. The number of hydrogen-bond donors (Lipinski definition) is 1. The summed E-state index contributed by atoms with van der Waals surface area (Å²) >= 11 is 0. The topological polar surface area (TPSA) is 58.6 Å². The zero-order valence-corrected chi connectivity index (χ0v) is 16.9. The molecule has 2 aliphatic rings. The van der Waals surface area contributed by atoms with Crippen LogP contribution in [0, 0.1) is 5.92 Å². The molecule has 1 N–H and O–H groups in total. The van der Waals surface area contributed by atoms with E-state index in [-0.39, 0.29) is 30.2 Å². The van der Waals surface area contributed by atoms with E-state index in [4.69, 9.17) is 4.74 Å². The number of benzene rings is 2. The molecule has 0 radical (unpaired) electrons. The first-order valence-corrected chi connectivity index (χ1v) is 10.6. The number of amides is 2. The Morgan fingerprint density at radius 3 is 2.76 bits per heavy atom. The highest BCUT2D eigenvalue weighted by Gasteiger charge is 2.36. The zero-order chi connectivity index (χ0) is 20.2. The van der Waals surface area contributed by atoms with E-state index < -0.39 is 0 Å². The monoisotopic (exact) mass is 392 g/mol. The number of rotatable bonds is 6. The van der Waals surface area contributed by atoms with Crippen molar-refractivity contribution in [3.63, 3.8) is 0 Å². The van der Waals surface area contributed by atoms with Crippen molar-refractivity contribution in [3.05, 3.63) is 59.7 Å². The molecule has 1 saturated heterocycles. The van der Waals surface area contributed by atoms with Gasteiger partial charge in [-0.05, 0) is 36.6 Å². The van der Waals surface area contributed by atoms with Crippen molar-refractivity contribution < 1.29 is 14.3 Å². The smallest absolute Gasteiger partial charge is 0.227 e. The third-order valence-electron chi connectivity index (χ3n) is 5.84. The van der Waals surface area contributed by atoms with Gasteiger partial charge in [-0.1, -0.05) is 43.7 Å². The van der Waals surface area contributed by atoms with Gasteiger partial charge in [0.25, 0.3) is 0 Å². The molecule has 152 valence electrons. The maximum absolute atomic E-state index is 12.9. The molecule has 2 aromatic carbocycles. The van der Waals surface area contributed by atoms with Gasteiger partial charge in [0, 0.05) is 30.6 Å². The van der Waals surface area contributed by atoms with E-state index in [0.717, 1.165) is 29.8 Å². The number of carbonyl (C=O) groups is 2. The molecule has 2 unspecified atom stereocenters. The fourth-order valence-corrected chi connectivity index (χ4v) is 4.14. The van der Waals surface area contributed by atoms with Crippen molar-refractivity contribution in [2.45, 2.75) is 45.1 Å². The van der Waals surface area contributed by atoms with Crippen molar-refractivity contribution in [1.29, 1.82) is 0 Å². The minimum Gasteiger partial charge on any atom is -0.493 e. The van der Waals surface area contributed by atoms with Gasteiger partial charge in [0.05, 0.1) is 18.6 Å². The van der Waals surface area contributed by atoms with Crippen LogP contribution in [-0.2, 0) is 16.0 Å². The summed E-state index contributed by atoms with van der Waals surface area (Å²) < 4.78 is 5.67. The first kappa shape index (κ1) is 19.5. The molecule has 2 aromatic rings. The molecule has 2 amide bonds. The van der Waals surface area contributed by atoms with Gasteiger partial charge >= 0.3 is 0 Å². The highest BCUT2D eigenvalue weighted by Crippen LogP contribution is 2.32. The van der Waals surface area contributed by atoms with Crippen LogP contribution < -0.4 is 15.0 Å². The van der Waals surface area contributed by atoms with E-state index in [2.05, 4.69) is 24.4 Å². The summed E-state index contributed by atoms with van der Waals surface area (Å²) in [6, 6.07) is 15.9. The molecule has 2 atom stereocenters. The molecule has 0 aliphatic carbocycles. The number of fused-ring (bicyclic) bond motifs is 1. The summed E-state index contributed by atoms with van der Waals surface area (Å²) in [6.45, 7) is 3.20. The Hall–Kier alpha value is -2.82. The van der Waals surface area contributed by atoms with E-state index >= 15 is 0 Å². The zero-order valence-electron chi connectivity index (χ0n) is 16.9. The summed E-state index contributed by atoms with van der Waals surface area (Å²) in [4.78, 5) is 27.2. The van der Waals surface area contributed by atoms with E-state index in [1.54, 1.807) is 4.90 Å². The number of ether oxygens (including phenoxy) is 1. The summed E-state index contributed by atoms with van der Waals surface area (Å²) in [6.07, 6.45) is 4.39. The van der Waals surface area contributed by atoms with Crippen molar-refractivity contribution in [1.82, 2.24) is 5.32 Å². The van der Waals surface area contributed by atoms with E-state index in [0.29, 0.717) is 13.2 Å². The highest BCUT2D eigenvalue weighted by atomic mass is 16.5. The summed E-state index contributed by atoms with van der Waals surface area (Å²) in [5.41, 5.74) is 3.17. The maximum Gasteiger partial charge on any atom is 0.227 e. The molecule has 0 aromatic heterocycles. The molecule has 1 fully saturated rings. The molecule has 0 saturated carbocycles. The number of carbonyl (C=O) groups excluding carboxylic acids is 2. The van der Waals surface area contributed by atoms with Crippen LogP contribution in [-0.4, -0.2) is 25.0 Å². The minimum atomic E-state index is -0.322. The molecule has 29 heavy (non-hydrogen) atoms. The Morgan fingerprint density at radius 2 is 1.97 bits per heavy atom. The molecule has 0 spiro atoms. The predicted octanol–water partition coefficient (Wildman–Crippen LogP) is 4.02. The van der Waals surface area contributed by atoms with Crippen LogP contribution in [0.5, 0.6) is 5.75 Å². The SMILES string of the molecule is CCCCc1ccc(N2CC(C(=O)NC3CCOc4ccccc43)CC2=O)cc1. The van der Waals surface area contributed by atoms with Gasteiger partial charge in [-0.3, -0.25) is 9.59 Å². The minimum absolute atomic E-state index is 0.0128. The van der Waals surface area contributed by atoms with E-state index in [1.807, 2.05) is 36.4 Å². The van der Waals surface area contributed by atoms with Crippen LogP contribution in [0.4, 0.5) is 5.69 Å². The third-order valence-corrected chi connectivity index (χ3v) is 5.84. The molecule has 2 aliphatic heterocycles. The molecule has 4 rings (SSSR count). The fraction of sp³-hybridized carbons (Fsp3) is 0.417. The van der Waals surface area contributed by atoms with Gasteiger partial charge in [0.2, 0.25) is 11.8 Å². The third kappa shape index (κ3) is 4.29. The molecule has 2 heterocycles. The van der Waals surface area contributed by atoms with Gasteiger partial charge in [0.15, 0.2) is 0 Å². The lowest BCUT2D eigenvalue weighted by atomic mass is 9.99. The van der Waals surface area contributed by atoms with Crippen molar-refractivity contribution in [2.75, 3.05) is 18.1 Å². The van der Waals surface area contributed by atoms with Crippen LogP contribution in [0.2, 0.25) is 0 Å². The Morgan fingerprint density at radius 1 is 1.17 bits per heavy atom. The number of para-hydroxylation sites is 1. The number of nitrogens with zero attached hydrogens (tertiary/aromatic N) is 1. The lowest BCUT2D eigenvalue weighted by Crippen LogP contribution is -2.37. The van der Waals surface area contributed by atoms with Crippen LogP contribution >= 0.6 is 0 Å². The average Bonchev–Trinajstić information content (AvgIpc) is 3.15. The lowest BCUT2D eigenvalue weighted by Gasteiger charge is -2.27. The lowest BCUT2D eigenvalue weighted by molar-refractivity contribution is -0.127. The summed E-state index contributed by atoms with van der Waals surface area (Å²) in [7, 11) is 0. The second-order valence-corrected chi connectivity index (χ2v) is 7.91. The summed E-state index contributed by atoms with van der Waals surface area (Å²) in [5, 5.41) is 3.14. The van der Waals surface area contributed by atoms with Gasteiger partial charge in [-0.25, -0.2) is 0 Å². The van der Waals surface area contributed by atoms with Crippen LogP contribution in [0.25, 0.3) is 0 Å². The van der Waals surface area contributed by atoms with Crippen LogP contribution in [0.3, 0.4) is 0 Å². The molecular formula is C24H28N2O3. The Kier molecular flexibility index (Phi) is 5.84. The first-order chi connectivity index (χ1) is 14.2. The normalized spacial score (nSPS) is 20.9. The van der Waals surface area contributed by atoms with Gasteiger partial charge in [-0.2, -0.15) is 0 Å². The maximum atomic E-state index is 12.9. The summed E-state index contributed by atoms with van der Waals surface area (Å²) in [5.74, 6) is 0.467. The number of aryl methyl sites for hydroxylation is 1. The van der Waals surface area contributed by atoms with Crippen molar-refractivity contribution in [2.24, 2.45) is 5.92 Å². The quantitative estimate of drug-likeness (QED) is 0.808. The van der Waals surface area contributed by atoms with Crippen LogP contribution in [0.1, 0.15) is 49.8 Å². The molecule has 5 nitrogen and oxygen atoms in total. The van der Waals surface area contributed by atoms with Crippen molar-refractivity contribution in [3.8, 4) is 5.75 Å². The number of unbranched alkanes of at least 4 members (excludes halogenated alkanes) is 1. The molecular weight excluding hydrogens is 364 g/mol. The molecule has 0 bridgehead atoms.